The molecule has 3 aromatic rings. The van der Waals surface area contributed by atoms with E-state index in [2.05, 4.69) is 15.4 Å². The van der Waals surface area contributed by atoms with Crippen LogP contribution in [0.2, 0.25) is 0 Å². The lowest BCUT2D eigenvalue weighted by molar-refractivity contribution is 0.0698. The first kappa shape index (κ1) is 18.3. The molecule has 0 aliphatic heterocycles. The summed E-state index contributed by atoms with van der Waals surface area (Å²) >= 11 is 1.29. The Kier molecular flexibility index (Phi) is 5.96. The summed E-state index contributed by atoms with van der Waals surface area (Å²) in [5.74, 6) is -0.984. The van der Waals surface area contributed by atoms with Gasteiger partial charge in [0.05, 0.1) is 11.3 Å². The number of urea groups is 1. The van der Waals surface area contributed by atoms with E-state index in [0.717, 1.165) is 4.90 Å². The second-order valence-electron chi connectivity index (χ2n) is 5.52. The molecule has 0 heterocycles. The zero-order valence-corrected chi connectivity index (χ0v) is 15.0. The lowest BCUT2D eigenvalue weighted by Crippen LogP contribution is -2.19. The van der Waals surface area contributed by atoms with Crippen LogP contribution in [0.4, 0.5) is 21.9 Å². The summed E-state index contributed by atoms with van der Waals surface area (Å²) in [4.78, 5) is 24.1. The van der Waals surface area contributed by atoms with Crippen molar-refractivity contribution < 1.29 is 14.7 Å². The van der Waals surface area contributed by atoms with Gasteiger partial charge in [0.1, 0.15) is 0 Å². The van der Waals surface area contributed by atoms with Crippen LogP contribution in [0.15, 0.2) is 83.8 Å². The van der Waals surface area contributed by atoms with E-state index in [1.54, 1.807) is 48.5 Å². The SMILES string of the molecule is O=C(Nc1ccccc1)Nc1ccc(SNc2ccccc2C(=O)O)cc1. The van der Waals surface area contributed by atoms with Crippen molar-refractivity contribution in [3.8, 4) is 0 Å². The molecule has 0 fully saturated rings. The highest BCUT2D eigenvalue weighted by atomic mass is 32.2. The molecule has 0 aromatic heterocycles. The highest BCUT2D eigenvalue weighted by Gasteiger charge is 2.09. The van der Waals surface area contributed by atoms with Crippen LogP contribution in [-0.4, -0.2) is 17.1 Å². The minimum Gasteiger partial charge on any atom is -0.478 e. The summed E-state index contributed by atoms with van der Waals surface area (Å²) in [5, 5.41) is 14.7. The summed E-state index contributed by atoms with van der Waals surface area (Å²) in [6.45, 7) is 0. The van der Waals surface area contributed by atoms with Gasteiger partial charge in [-0.25, -0.2) is 9.59 Å². The number of carbonyl (C=O) groups is 2. The molecule has 3 rings (SSSR count). The first-order valence-corrected chi connectivity index (χ1v) is 8.92. The Morgan fingerprint density at radius 1 is 0.741 bits per heavy atom. The van der Waals surface area contributed by atoms with Gasteiger partial charge in [0.25, 0.3) is 0 Å². The highest BCUT2D eigenvalue weighted by molar-refractivity contribution is 8.00. The number of benzene rings is 3. The number of rotatable bonds is 6. The molecule has 0 atom stereocenters. The zero-order valence-electron chi connectivity index (χ0n) is 14.2. The number of aromatic carboxylic acids is 1. The number of nitrogens with one attached hydrogen (secondary N) is 3. The quantitative estimate of drug-likeness (QED) is 0.445. The van der Waals surface area contributed by atoms with Crippen LogP contribution in [-0.2, 0) is 0 Å². The third kappa shape index (κ3) is 5.26. The maximum absolute atomic E-state index is 12.0. The lowest BCUT2D eigenvalue weighted by Gasteiger charge is -2.10. The number of carboxylic acid groups (broad SMARTS) is 1. The summed E-state index contributed by atoms with van der Waals surface area (Å²) in [7, 11) is 0. The van der Waals surface area contributed by atoms with E-state index in [0.29, 0.717) is 17.1 Å². The fourth-order valence-corrected chi connectivity index (χ4v) is 2.97. The van der Waals surface area contributed by atoms with Gasteiger partial charge < -0.3 is 20.5 Å². The number of para-hydroxylation sites is 2. The number of carbonyl (C=O) groups excluding carboxylic acids is 1. The average molecular weight is 379 g/mol. The van der Waals surface area contributed by atoms with E-state index in [-0.39, 0.29) is 11.6 Å². The van der Waals surface area contributed by atoms with E-state index in [1.165, 1.54) is 11.9 Å². The Hall–Kier alpha value is -3.45. The molecule has 0 spiro atoms. The molecule has 7 heteroatoms. The molecule has 3 aromatic carbocycles. The summed E-state index contributed by atoms with van der Waals surface area (Å²) in [6.07, 6.45) is 0. The predicted octanol–water partition coefficient (Wildman–Crippen LogP) is 5.15. The lowest BCUT2D eigenvalue weighted by atomic mass is 10.2. The number of hydrogen-bond acceptors (Lipinski definition) is 4. The summed E-state index contributed by atoms with van der Waals surface area (Å²) in [5.41, 5.74) is 2.10. The van der Waals surface area contributed by atoms with Gasteiger partial charge in [-0.1, -0.05) is 30.3 Å². The van der Waals surface area contributed by atoms with Crippen LogP contribution in [0.5, 0.6) is 0 Å². The van der Waals surface area contributed by atoms with Crippen molar-refractivity contribution >= 4 is 41.0 Å². The minimum absolute atomic E-state index is 0.209. The molecule has 4 N–H and O–H groups in total. The first-order chi connectivity index (χ1) is 13.1. The Morgan fingerprint density at radius 3 is 2.00 bits per heavy atom. The molecule has 0 saturated carbocycles. The third-order valence-corrected chi connectivity index (χ3v) is 4.41. The van der Waals surface area contributed by atoms with Crippen molar-refractivity contribution in [2.24, 2.45) is 0 Å². The molecule has 0 aliphatic rings. The van der Waals surface area contributed by atoms with Crippen LogP contribution >= 0.6 is 11.9 Å². The number of hydrogen-bond donors (Lipinski definition) is 4. The van der Waals surface area contributed by atoms with E-state index in [9.17, 15) is 14.7 Å². The van der Waals surface area contributed by atoms with Gasteiger partial charge in [-0.05, 0) is 60.5 Å². The number of carboxylic acids is 1. The molecule has 136 valence electrons. The van der Waals surface area contributed by atoms with Crippen LogP contribution in [0, 0.1) is 0 Å². The Labute approximate surface area is 160 Å². The van der Waals surface area contributed by atoms with E-state index < -0.39 is 5.97 Å². The van der Waals surface area contributed by atoms with Crippen LogP contribution < -0.4 is 15.4 Å². The molecule has 0 bridgehead atoms. The third-order valence-electron chi connectivity index (χ3n) is 3.58. The van der Waals surface area contributed by atoms with Gasteiger partial charge >= 0.3 is 12.0 Å². The number of anilines is 3. The normalized spacial score (nSPS) is 10.1. The molecule has 0 aliphatic carbocycles. The molecule has 2 amide bonds. The first-order valence-electron chi connectivity index (χ1n) is 8.10. The maximum Gasteiger partial charge on any atom is 0.337 e. The standard InChI is InChI=1S/C20H17N3O3S/c24-19(25)17-8-4-5-9-18(17)23-27-16-12-10-15(11-13-16)22-20(26)21-14-6-2-1-3-7-14/h1-13,23H,(H,24,25)(H2,21,22,26). The van der Waals surface area contributed by atoms with Crippen molar-refractivity contribution in [1.82, 2.24) is 0 Å². The highest BCUT2D eigenvalue weighted by Crippen LogP contribution is 2.25. The maximum atomic E-state index is 12.0. The fourth-order valence-electron chi connectivity index (χ4n) is 2.29. The van der Waals surface area contributed by atoms with E-state index >= 15 is 0 Å². The monoisotopic (exact) mass is 379 g/mol. The van der Waals surface area contributed by atoms with Gasteiger partial charge in [0, 0.05) is 16.3 Å². The van der Waals surface area contributed by atoms with Gasteiger partial charge in [-0.15, -0.1) is 0 Å². The second kappa shape index (κ2) is 8.77. The van der Waals surface area contributed by atoms with Crippen molar-refractivity contribution in [2.45, 2.75) is 4.90 Å². The van der Waals surface area contributed by atoms with Crippen molar-refractivity contribution in [3.05, 3.63) is 84.4 Å². The largest absolute Gasteiger partial charge is 0.478 e. The van der Waals surface area contributed by atoms with Gasteiger partial charge in [-0.2, -0.15) is 0 Å². The molecular formula is C20H17N3O3S. The van der Waals surface area contributed by atoms with E-state index in [1.807, 2.05) is 30.3 Å². The molecule has 0 saturated heterocycles. The van der Waals surface area contributed by atoms with Gasteiger partial charge in [0.2, 0.25) is 0 Å². The van der Waals surface area contributed by atoms with E-state index in [4.69, 9.17) is 0 Å². The van der Waals surface area contributed by atoms with Crippen molar-refractivity contribution in [3.63, 3.8) is 0 Å². The Balaban J connectivity index is 1.56. The second-order valence-corrected chi connectivity index (χ2v) is 6.40. The Bertz CT molecular complexity index is 931. The summed E-state index contributed by atoms with van der Waals surface area (Å²) in [6, 6.07) is 22.8. The van der Waals surface area contributed by atoms with Gasteiger partial charge in [0.15, 0.2) is 0 Å². The predicted molar refractivity (Wildman–Crippen MR) is 108 cm³/mol. The van der Waals surface area contributed by atoms with Gasteiger partial charge in [-0.3, -0.25) is 0 Å². The topological polar surface area (TPSA) is 90.5 Å². The molecule has 0 unspecified atom stereocenters. The van der Waals surface area contributed by atoms with Crippen molar-refractivity contribution in [2.75, 3.05) is 15.4 Å². The minimum atomic E-state index is -0.984. The molecule has 6 nitrogen and oxygen atoms in total. The zero-order chi connectivity index (χ0) is 19.1. The van der Waals surface area contributed by atoms with Crippen LogP contribution in [0.3, 0.4) is 0 Å². The fraction of sp³-hybridized carbons (Fsp3) is 0. The number of amides is 2. The smallest absolute Gasteiger partial charge is 0.337 e. The Morgan fingerprint density at radius 2 is 1.33 bits per heavy atom. The molecular weight excluding hydrogens is 362 g/mol. The summed E-state index contributed by atoms with van der Waals surface area (Å²) < 4.78 is 3.04. The average Bonchev–Trinajstić information content (AvgIpc) is 2.68. The van der Waals surface area contributed by atoms with Crippen LogP contribution in [0.1, 0.15) is 10.4 Å². The molecule has 27 heavy (non-hydrogen) atoms. The van der Waals surface area contributed by atoms with Crippen molar-refractivity contribution in [1.29, 1.82) is 0 Å². The van der Waals surface area contributed by atoms with Crippen LogP contribution in [0.25, 0.3) is 0 Å². The molecule has 0 radical (unpaired) electrons.